The molecule has 164 valence electrons. The Morgan fingerprint density at radius 2 is 1.97 bits per heavy atom. The molecule has 2 aliphatic rings. The van der Waals surface area contributed by atoms with Crippen LogP contribution in [0.15, 0.2) is 47.0 Å². The Balaban J connectivity index is 1.31. The number of nitrogens with one attached hydrogen (secondary N) is 1. The fraction of sp³-hybridized carbons (Fsp3) is 0.360. The summed E-state index contributed by atoms with van der Waals surface area (Å²) in [6.45, 7) is 4.34. The summed E-state index contributed by atoms with van der Waals surface area (Å²) >= 11 is 0. The van der Waals surface area contributed by atoms with Gasteiger partial charge in [0.25, 0.3) is 0 Å². The van der Waals surface area contributed by atoms with Gasteiger partial charge in [-0.15, -0.1) is 0 Å². The van der Waals surface area contributed by atoms with Gasteiger partial charge in [0.2, 0.25) is 23.5 Å². The first-order valence-electron chi connectivity index (χ1n) is 11.1. The monoisotopic (exact) mass is 430 g/mol. The van der Waals surface area contributed by atoms with Crippen molar-refractivity contribution in [3.05, 3.63) is 59.5 Å². The Morgan fingerprint density at radius 1 is 1.16 bits per heavy atom. The minimum atomic E-state index is -0.401. The third-order valence-corrected chi connectivity index (χ3v) is 6.67. The predicted octanol–water partition coefficient (Wildman–Crippen LogP) is 4.61. The number of hydrogen-bond acceptors (Lipinski definition) is 5. The molecule has 1 atom stereocenters. The number of aromatic nitrogens is 2. The van der Waals surface area contributed by atoms with Gasteiger partial charge in [0, 0.05) is 35.8 Å². The van der Waals surface area contributed by atoms with Crippen LogP contribution < -0.4 is 10.2 Å². The number of amides is 2. The van der Waals surface area contributed by atoms with Gasteiger partial charge in [-0.25, -0.2) is 0 Å². The van der Waals surface area contributed by atoms with E-state index in [9.17, 15) is 9.59 Å². The van der Waals surface area contributed by atoms with Crippen molar-refractivity contribution >= 4 is 23.2 Å². The summed E-state index contributed by atoms with van der Waals surface area (Å²) in [7, 11) is 0. The van der Waals surface area contributed by atoms with Crippen molar-refractivity contribution in [3.63, 3.8) is 0 Å². The van der Waals surface area contributed by atoms with Crippen LogP contribution in [-0.2, 0) is 9.59 Å². The van der Waals surface area contributed by atoms with E-state index in [-0.39, 0.29) is 18.2 Å². The third-order valence-electron chi connectivity index (χ3n) is 6.67. The maximum Gasteiger partial charge on any atom is 0.230 e. The zero-order valence-corrected chi connectivity index (χ0v) is 18.3. The fourth-order valence-electron chi connectivity index (χ4n) is 4.24. The quantitative estimate of drug-likeness (QED) is 0.638. The van der Waals surface area contributed by atoms with Crippen LogP contribution in [0.25, 0.3) is 11.4 Å². The van der Waals surface area contributed by atoms with Crippen molar-refractivity contribution < 1.29 is 14.1 Å². The van der Waals surface area contributed by atoms with Gasteiger partial charge in [-0.3, -0.25) is 9.59 Å². The summed E-state index contributed by atoms with van der Waals surface area (Å²) in [4.78, 5) is 31.8. The number of aryl methyl sites for hydroxylation is 1. The molecule has 7 heteroatoms. The first-order chi connectivity index (χ1) is 15.5. The standard InChI is InChI=1S/C25H26N4O3/c1-15-6-3-11-21(16(15)2)26-24(31)19-13-22(30)29(14-19)20-10-5-9-18(12-20)23-27-25(32-28-23)17-7-4-8-17/h3,5-6,9-12,17,19H,4,7-8,13-14H2,1-2H3,(H,26,31)/t19-/m0/s1. The topological polar surface area (TPSA) is 88.3 Å². The van der Waals surface area contributed by atoms with E-state index in [4.69, 9.17) is 4.52 Å². The summed E-state index contributed by atoms with van der Waals surface area (Å²) in [5.74, 6) is 1.000. The first kappa shape index (κ1) is 20.4. The largest absolute Gasteiger partial charge is 0.339 e. The van der Waals surface area contributed by atoms with E-state index < -0.39 is 5.92 Å². The van der Waals surface area contributed by atoms with E-state index in [2.05, 4.69) is 15.5 Å². The number of carbonyl (C=O) groups excluding carboxylic acids is 2. The maximum absolute atomic E-state index is 12.9. The second-order valence-corrected chi connectivity index (χ2v) is 8.78. The number of rotatable bonds is 5. The van der Waals surface area contributed by atoms with E-state index in [0.717, 1.165) is 40.9 Å². The van der Waals surface area contributed by atoms with Gasteiger partial charge in [0.1, 0.15) is 0 Å². The Labute approximate surface area is 186 Å². The summed E-state index contributed by atoms with van der Waals surface area (Å²) in [5.41, 5.74) is 4.49. The average molecular weight is 431 g/mol. The molecule has 1 saturated carbocycles. The molecule has 1 saturated heterocycles. The number of benzene rings is 2. The second kappa shape index (κ2) is 8.22. The van der Waals surface area contributed by atoms with Crippen molar-refractivity contribution in [1.82, 2.24) is 10.1 Å². The van der Waals surface area contributed by atoms with Crippen molar-refractivity contribution in [2.45, 2.75) is 45.4 Å². The minimum absolute atomic E-state index is 0.0634. The number of nitrogens with zero attached hydrogens (tertiary/aromatic N) is 3. The molecule has 0 spiro atoms. The summed E-state index contributed by atoms with van der Waals surface area (Å²) in [6.07, 6.45) is 3.58. The zero-order valence-electron chi connectivity index (χ0n) is 18.3. The Morgan fingerprint density at radius 3 is 2.75 bits per heavy atom. The smallest absolute Gasteiger partial charge is 0.230 e. The van der Waals surface area contributed by atoms with Crippen LogP contribution in [0.2, 0.25) is 0 Å². The van der Waals surface area contributed by atoms with Gasteiger partial charge in [-0.2, -0.15) is 4.98 Å². The third kappa shape index (κ3) is 3.79. The van der Waals surface area contributed by atoms with Crippen LogP contribution in [0.3, 0.4) is 0 Å². The lowest BCUT2D eigenvalue weighted by atomic mass is 9.85. The highest BCUT2D eigenvalue weighted by Gasteiger charge is 2.35. The molecular weight excluding hydrogens is 404 g/mol. The van der Waals surface area contributed by atoms with Gasteiger partial charge >= 0.3 is 0 Å². The Kier molecular flexibility index (Phi) is 5.25. The van der Waals surface area contributed by atoms with Gasteiger partial charge in [-0.05, 0) is 56.0 Å². The molecule has 1 aliphatic carbocycles. The molecule has 3 aromatic rings. The molecule has 0 bridgehead atoms. The van der Waals surface area contributed by atoms with Crippen LogP contribution in [0, 0.1) is 19.8 Å². The molecule has 2 heterocycles. The predicted molar refractivity (Wildman–Crippen MR) is 121 cm³/mol. The van der Waals surface area contributed by atoms with E-state index in [1.807, 2.05) is 56.3 Å². The van der Waals surface area contributed by atoms with Crippen LogP contribution >= 0.6 is 0 Å². The van der Waals surface area contributed by atoms with Crippen molar-refractivity contribution in [3.8, 4) is 11.4 Å². The molecule has 2 fully saturated rings. The molecule has 5 rings (SSSR count). The highest BCUT2D eigenvalue weighted by Crippen LogP contribution is 2.36. The normalized spacial score (nSPS) is 18.6. The lowest BCUT2D eigenvalue weighted by molar-refractivity contribution is -0.122. The first-order valence-corrected chi connectivity index (χ1v) is 11.1. The van der Waals surface area contributed by atoms with Crippen molar-refractivity contribution in [1.29, 1.82) is 0 Å². The van der Waals surface area contributed by atoms with Crippen molar-refractivity contribution in [2.75, 3.05) is 16.8 Å². The van der Waals surface area contributed by atoms with Crippen LogP contribution in [0.1, 0.15) is 48.6 Å². The molecule has 2 aromatic carbocycles. The van der Waals surface area contributed by atoms with E-state index in [1.165, 1.54) is 6.42 Å². The minimum Gasteiger partial charge on any atom is -0.339 e. The molecule has 2 amide bonds. The summed E-state index contributed by atoms with van der Waals surface area (Å²) in [5, 5.41) is 7.12. The molecule has 7 nitrogen and oxygen atoms in total. The lowest BCUT2D eigenvalue weighted by Gasteiger charge is -2.20. The SMILES string of the molecule is Cc1cccc(NC(=O)[C@H]2CC(=O)N(c3cccc(-c4noc(C5CCC5)n4)c3)C2)c1C. The summed E-state index contributed by atoms with van der Waals surface area (Å²) < 4.78 is 5.44. The highest BCUT2D eigenvalue weighted by molar-refractivity contribution is 6.04. The lowest BCUT2D eigenvalue weighted by Crippen LogP contribution is -2.28. The number of hydrogen-bond donors (Lipinski definition) is 1. The molecule has 0 radical (unpaired) electrons. The van der Waals surface area contributed by atoms with Gasteiger partial charge in [0.15, 0.2) is 0 Å². The molecule has 32 heavy (non-hydrogen) atoms. The molecule has 1 aliphatic heterocycles. The van der Waals surface area contributed by atoms with Crippen molar-refractivity contribution in [2.24, 2.45) is 5.92 Å². The van der Waals surface area contributed by atoms with E-state index in [1.54, 1.807) is 4.90 Å². The fourth-order valence-corrected chi connectivity index (χ4v) is 4.24. The average Bonchev–Trinajstić information content (AvgIpc) is 3.37. The van der Waals surface area contributed by atoms with Crippen LogP contribution in [0.5, 0.6) is 0 Å². The molecule has 1 aromatic heterocycles. The van der Waals surface area contributed by atoms with Gasteiger partial charge < -0.3 is 14.7 Å². The number of anilines is 2. The summed E-state index contributed by atoms with van der Waals surface area (Å²) in [6, 6.07) is 13.4. The van der Waals surface area contributed by atoms with Crippen LogP contribution in [-0.4, -0.2) is 28.5 Å². The Bertz CT molecular complexity index is 1180. The molecule has 1 N–H and O–H groups in total. The number of carbonyl (C=O) groups is 2. The van der Waals surface area contributed by atoms with E-state index in [0.29, 0.717) is 24.2 Å². The molecular formula is C25H26N4O3. The van der Waals surface area contributed by atoms with Gasteiger partial charge in [0.05, 0.1) is 5.92 Å². The van der Waals surface area contributed by atoms with Gasteiger partial charge in [-0.1, -0.05) is 35.8 Å². The highest BCUT2D eigenvalue weighted by atomic mass is 16.5. The van der Waals surface area contributed by atoms with Crippen LogP contribution in [0.4, 0.5) is 11.4 Å². The molecule has 0 unspecified atom stereocenters. The Hall–Kier alpha value is -3.48. The van der Waals surface area contributed by atoms with E-state index >= 15 is 0 Å². The zero-order chi connectivity index (χ0) is 22.2. The second-order valence-electron chi connectivity index (χ2n) is 8.78. The maximum atomic E-state index is 12.9.